The molecular weight excluding hydrogens is 302 g/mol. The normalized spacial score (nSPS) is 12.2. The van der Waals surface area contributed by atoms with Crippen LogP contribution >= 0.6 is 0 Å². The van der Waals surface area contributed by atoms with Crippen LogP contribution in [0.4, 0.5) is 0 Å². The molecule has 1 amide bonds. The number of phenols is 1. The van der Waals surface area contributed by atoms with Gasteiger partial charge in [0, 0.05) is 18.4 Å². The molecule has 0 saturated heterocycles. The maximum absolute atomic E-state index is 12.2. The molecule has 0 bridgehead atoms. The van der Waals surface area contributed by atoms with Crippen molar-refractivity contribution in [1.82, 2.24) is 5.32 Å². The van der Waals surface area contributed by atoms with Gasteiger partial charge in [0.15, 0.2) is 9.84 Å². The van der Waals surface area contributed by atoms with Crippen LogP contribution < -0.4 is 5.32 Å². The third-order valence-corrected chi connectivity index (χ3v) is 4.47. The zero-order valence-corrected chi connectivity index (χ0v) is 14.7. The number of aromatic hydroxyl groups is 1. The second-order valence-corrected chi connectivity index (χ2v) is 8.51. The van der Waals surface area contributed by atoms with Gasteiger partial charge in [0.1, 0.15) is 5.75 Å². The van der Waals surface area contributed by atoms with E-state index in [0.29, 0.717) is 12.1 Å². The maximum Gasteiger partial charge on any atom is 0.255 e. The predicted molar refractivity (Wildman–Crippen MR) is 87.2 cm³/mol. The standard InChI is InChI=1S/C16H25NO4S/c1-6-7-8-17-15(19)12-9-11(22(5,20)21)10-13(14(12)18)16(2,3)4/h9-10,18H,6-8H2,1-5H3,(H,17,19). The molecule has 0 spiro atoms. The third-order valence-electron chi connectivity index (χ3n) is 3.38. The summed E-state index contributed by atoms with van der Waals surface area (Å²) in [5.41, 5.74) is -0.0384. The Balaban J connectivity index is 3.41. The van der Waals surface area contributed by atoms with E-state index in [1.54, 1.807) is 0 Å². The van der Waals surface area contributed by atoms with Crippen molar-refractivity contribution in [3.8, 4) is 5.75 Å². The molecule has 0 aromatic heterocycles. The van der Waals surface area contributed by atoms with E-state index in [9.17, 15) is 18.3 Å². The second kappa shape index (κ2) is 6.69. The van der Waals surface area contributed by atoms with Crippen LogP contribution in [0.3, 0.4) is 0 Å². The first-order chi connectivity index (χ1) is 9.98. The van der Waals surface area contributed by atoms with Gasteiger partial charge in [0.05, 0.1) is 10.5 Å². The van der Waals surface area contributed by atoms with Crippen LogP contribution in [-0.4, -0.2) is 32.2 Å². The van der Waals surface area contributed by atoms with Gasteiger partial charge in [-0.25, -0.2) is 8.42 Å². The van der Waals surface area contributed by atoms with Gasteiger partial charge in [0.25, 0.3) is 5.91 Å². The number of unbranched alkanes of at least 4 members (excludes halogenated alkanes) is 1. The number of rotatable bonds is 5. The minimum Gasteiger partial charge on any atom is -0.507 e. The molecule has 0 aliphatic heterocycles. The molecule has 0 aliphatic carbocycles. The van der Waals surface area contributed by atoms with Crippen molar-refractivity contribution in [3.63, 3.8) is 0 Å². The largest absolute Gasteiger partial charge is 0.507 e. The number of amides is 1. The van der Waals surface area contributed by atoms with Crippen molar-refractivity contribution < 1.29 is 18.3 Å². The first kappa shape index (κ1) is 18.5. The quantitative estimate of drug-likeness (QED) is 0.814. The monoisotopic (exact) mass is 327 g/mol. The highest BCUT2D eigenvalue weighted by atomic mass is 32.2. The maximum atomic E-state index is 12.2. The summed E-state index contributed by atoms with van der Waals surface area (Å²) in [7, 11) is -3.47. The Morgan fingerprint density at radius 3 is 2.32 bits per heavy atom. The summed E-state index contributed by atoms with van der Waals surface area (Å²) >= 11 is 0. The molecule has 6 heteroatoms. The number of nitrogens with one attached hydrogen (secondary N) is 1. The lowest BCUT2D eigenvalue weighted by Crippen LogP contribution is -2.25. The summed E-state index contributed by atoms with van der Waals surface area (Å²) in [5, 5.41) is 13.1. The Morgan fingerprint density at radius 1 is 1.27 bits per heavy atom. The van der Waals surface area contributed by atoms with Crippen molar-refractivity contribution in [2.75, 3.05) is 12.8 Å². The van der Waals surface area contributed by atoms with Gasteiger partial charge in [0.2, 0.25) is 0 Å². The Hall–Kier alpha value is -1.56. The number of carbonyl (C=O) groups is 1. The Labute approximate surface area is 132 Å². The van der Waals surface area contributed by atoms with Gasteiger partial charge in [-0.2, -0.15) is 0 Å². The molecule has 0 aliphatic rings. The van der Waals surface area contributed by atoms with Gasteiger partial charge in [-0.1, -0.05) is 34.1 Å². The average molecular weight is 327 g/mol. The van der Waals surface area contributed by atoms with Crippen molar-refractivity contribution in [3.05, 3.63) is 23.3 Å². The SMILES string of the molecule is CCCCNC(=O)c1cc(S(C)(=O)=O)cc(C(C)(C)C)c1O. The van der Waals surface area contributed by atoms with Crippen LogP contribution in [0.5, 0.6) is 5.75 Å². The molecule has 0 radical (unpaired) electrons. The van der Waals surface area contributed by atoms with Gasteiger partial charge in [-0.05, 0) is 24.0 Å². The summed E-state index contributed by atoms with van der Waals surface area (Å²) in [6.45, 7) is 8.06. The van der Waals surface area contributed by atoms with Crippen LogP contribution in [0.25, 0.3) is 0 Å². The molecule has 2 N–H and O–H groups in total. The zero-order valence-electron chi connectivity index (χ0n) is 13.9. The minimum atomic E-state index is -3.47. The Bertz CT molecular complexity index is 657. The minimum absolute atomic E-state index is 0.00366. The van der Waals surface area contributed by atoms with E-state index in [0.717, 1.165) is 19.1 Å². The molecule has 1 aromatic carbocycles. The number of hydrogen-bond donors (Lipinski definition) is 2. The van der Waals surface area contributed by atoms with Gasteiger partial charge in [-0.3, -0.25) is 4.79 Å². The molecule has 1 aromatic rings. The summed E-state index contributed by atoms with van der Waals surface area (Å²) in [6.07, 6.45) is 2.85. The summed E-state index contributed by atoms with van der Waals surface area (Å²) in [4.78, 5) is 12.3. The van der Waals surface area contributed by atoms with Crippen molar-refractivity contribution in [2.45, 2.75) is 50.8 Å². The van der Waals surface area contributed by atoms with Crippen LogP contribution in [0.15, 0.2) is 17.0 Å². The predicted octanol–water partition coefficient (Wildman–Crippen LogP) is 2.62. The van der Waals surface area contributed by atoms with Crippen LogP contribution in [0, 0.1) is 0 Å². The molecule has 5 nitrogen and oxygen atoms in total. The van der Waals surface area contributed by atoms with Gasteiger partial charge in [-0.15, -0.1) is 0 Å². The first-order valence-corrected chi connectivity index (χ1v) is 9.23. The molecule has 124 valence electrons. The average Bonchev–Trinajstić information content (AvgIpc) is 2.36. The summed E-state index contributed by atoms with van der Waals surface area (Å²) in [5.74, 6) is -0.615. The highest BCUT2D eigenvalue weighted by Crippen LogP contribution is 2.35. The van der Waals surface area contributed by atoms with Crippen molar-refractivity contribution in [2.24, 2.45) is 0 Å². The van der Waals surface area contributed by atoms with Crippen molar-refractivity contribution in [1.29, 1.82) is 0 Å². The van der Waals surface area contributed by atoms with E-state index >= 15 is 0 Å². The number of phenolic OH excluding ortho intramolecular Hbond substituents is 1. The van der Waals surface area contributed by atoms with Gasteiger partial charge >= 0.3 is 0 Å². The van der Waals surface area contributed by atoms with Crippen LogP contribution in [0.1, 0.15) is 56.5 Å². The van der Waals surface area contributed by atoms with E-state index in [2.05, 4.69) is 5.32 Å². The molecule has 22 heavy (non-hydrogen) atoms. The van der Waals surface area contributed by atoms with E-state index in [1.165, 1.54) is 12.1 Å². The Kier molecular flexibility index (Phi) is 5.62. The summed E-state index contributed by atoms with van der Waals surface area (Å²) < 4.78 is 23.7. The third kappa shape index (κ3) is 4.47. The smallest absolute Gasteiger partial charge is 0.255 e. The highest BCUT2D eigenvalue weighted by molar-refractivity contribution is 7.90. The lowest BCUT2D eigenvalue weighted by Gasteiger charge is -2.23. The fourth-order valence-electron chi connectivity index (χ4n) is 2.04. The zero-order chi connectivity index (χ0) is 17.1. The molecule has 0 unspecified atom stereocenters. The van der Waals surface area contributed by atoms with Crippen LogP contribution in [0.2, 0.25) is 0 Å². The number of sulfone groups is 1. The lowest BCUT2D eigenvalue weighted by atomic mass is 9.85. The Morgan fingerprint density at radius 2 is 1.86 bits per heavy atom. The topological polar surface area (TPSA) is 83.5 Å². The van der Waals surface area contributed by atoms with Crippen molar-refractivity contribution >= 4 is 15.7 Å². The second-order valence-electron chi connectivity index (χ2n) is 6.50. The number of carbonyl (C=O) groups excluding carboxylic acids is 1. The van der Waals surface area contributed by atoms with E-state index < -0.39 is 21.2 Å². The molecule has 0 atom stereocenters. The molecule has 0 saturated carbocycles. The molecule has 0 heterocycles. The fourth-order valence-corrected chi connectivity index (χ4v) is 2.70. The first-order valence-electron chi connectivity index (χ1n) is 7.34. The fraction of sp³-hybridized carbons (Fsp3) is 0.562. The van der Waals surface area contributed by atoms with E-state index in [4.69, 9.17) is 0 Å². The molecular formula is C16H25NO4S. The van der Waals surface area contributed by atoms with E-state index in [-0.39, 0.29) is 16.2 Å². The van der Waals surface area contributed by atoms with E-state index in [1.807, 2.05) is 27.7 Å². The van der Waals surface area contributed by atoms with Gasteiger partial charge < -0.3 is 10.4 Å². The number of hydrogen-bond acceptors (Lipinski definition) is 4. The lowest BCUT2D eigenvalue weighted by molar-refractivity contribution is 0.0950. The van der Waals surface area contributed by atoms with Crippen LogP contribution in [-0.2, 0) is 15.3 Å². The number of benzene rings is 1. The molecule has 0 fully saturated rings. The highest BCUT2D eigenvalue weighted by Gasteiger charge is 2.26. The molecule has 1 rings (SSSR count). The summed E-state index contributed by atoms with van der Waals surface area (Å²) in [6, 6.07) is 2.68.